The van der Waals surface area contributed by atoms with Crippen LogP contribution in [0.4, 0.5) is 0 Å². The standard InChI is InChI=1S/C17H29N5OS.HI/c1-5-14-9-19-15(24-14)10-20-17(18-6-2)21-13-7-8-22(11-13)16(23)12(3)4;/h9,12-13H,5-8,10-11H2,1-4H3,(H2,18,20,21);1H. The first-order valence-corrected chi connectivity index (χ1v) is 9.62. The summed E-state index contributed by atoms with van der Waals surface area (Å²) >= 11 is 1.72. The third kappa shape index (κ3) is 6.73. The van der Waals surface area contributed by atoms with Gasteiger partial charge in [-0.05, 0) is 19.8 Å². The summed E-state index contributed by atoms with van der Waals surface area (Å²) in [5.41, 5.74) is 0. The molecule has 1 saturated heterocycles. The van der Waals surface area contributed by atoms with E-state index in [1.54, 1.807) is 11.3 Å². The monoisotopic (exact) mass is 479 g/mol. The van der Waals surface area contributed by atoms with Crippen LogP contribution in [0, 0.1) is 5.92 Å². The van der Waals surface area contributed by atoms with Gasteiger partial charge in [-0.3, -0.25) is 4.79 Å². The summed E-state index contributed by atoms with van der Waals surface area (Å²) in [5.74, 6) is 1.09. The molecule has 2 N–H and O–H groups in total. The maximum atomic E-state index is 12.1. The number of aliphatic imine (C=N–C) groups is 1. The SMILES string of the molecule is CCNC(=NCc1ncc(CC)s1)NC1CCN(C(=O)C(C)C)C1.I. The van der Waals surface area contributed by atoms with E-state index >= 15 is 0 Å². The number of halogens is 1. The summed E-state index contributed by atoms with van der Waals surface area (Å²) in [4.78, 5) is 24.4. The molecule has 1 fully saturated rings. The first-order valence-electron chi connectivity index (χ1n) is 8.80. The maximum Gasteiger partial charge on any atom is 0.225 e. The zero-order chi connectivity index (χ0) is 17.5. The van der Waals surface area contributed by atoms with Crippen molar-refractivity contribution in [2.45, 2.75) is 53.1 Å². The van der Waals surface area contributed by atoms with E-state index in [4.69, 9.17) is 0 Å². The Labute approximate surface area is 171 Å². The average Bonchev–Trinajstić information content (AvgIpc) is 3.21. The van der Waals surface area contributed by atoms with Crippen LogP contribution in [0.2, 0.25) is 0 Å². The largest absolute Gasteiger partial charge is 0.357 e. The van der Waals surface area contributed by atoms with Crippen molar-refractivity contribution in [3.05, 3.63) is 16.1 Å². The molecule has 2 rings (SSSR count). The van der Waals surface area contributed by atoms with Crippen LogP contribution in [-0.4, -0.2) is 47.4 Å². The van der Waals surface area contributed by atoms with E-state index in [1.807, 2.05) is 24.9 Å². The van der Waals surface area contributed by atoms with Crippen LogP contribution in [0.15, 0.2) is 11.2 Å². The Morgan fingerprint density at radius 1 is 1.48 bits per heavy atom. The van der Waals surface area contributed by atoms with E-state index in [1.165, 1.54) is 4.88 Å². The number of aryl methyl sites for hydroxylation is 1. The van der Waals surface area contributed by atoms with Crippen molar-refractivity contribution < 1.29 is 4.79 Å². The van der Waals surface area contributed by atoms with Gasteiger partial charge in [-0.25, -0.2) is 9.98 Å². The lowest BCUT2D eigenvalue weighted by atomic mass is 10.2. The molecule has 1 atom stereocenters. The Morgan fingerprint density at radius 3 is 2.84 bits per heavy atom. The number of nitrogens with one attached hydrogen (secondary N) is 2. The van der Waals surface area contributed by atoms with Gasteiger partial charge in [-0.2, -0.15) is 0 Å². The van der Waals surface area contributed by atoms with Crippen LogP contribution in [0.3, 0.4) is 0 Å². The Bertz CT molecular complexity index is 575. The highest BCUT2D eigenvalue weighted by Gasteiger charge is 2.27. The zero-order valence-electron chi connectivity index (χ0n) is 15.5. The number of carbonyl (C=O) groups excluding carboxylic acids is 1. The molecule has 8 heteroatoms. The van der Waals surface area contributed by atoms with Gasteiger partial charge in [0.25, 0.3) is 0 Å². The van der Waals surface area contributed by atoms with Crippen molar-refractivity contribution in [1.82, 2.24) is 20.5 Å². The molecule has 2 heterocycles. The van der Waals surface area contributed by atoms with Crippen LogP contribution in [0.1, 0.15) is 44.0 Å². The number of likely N-dealkylation sites (tertiary alicyclic amines) is 1. The van der Waals surface area contributed by atoms with Crippen LogP contribution < -0.4 is 10.6 Å². The van der Waals surface area contributed by atoms with E-state index in [-0.39, 0.29) is 41.8 Å². The van der Waals surface area contributed by atoms with Gasteiger partial charge in [-0.15, -0.1) is 35.3 Å². The quantitative estimate of drug-likeness (QED) is 0.374. The van der Waals surface area contributed by atoms with Crippen molar-refractivity contribution in [1.29, 1.82) is 0 Å². The van der Waals surface area contributed by atoms with Gasteiger partial charge in [0.1, 0.15) is 5.01 Å². The lowest BCUT2D eigenvalue weighted by Gasteiger charge is -2.20. The molecule has 1 unspecified atom stereocenters. The fraction of sp³-hybridized carbons (Fsp3) is 0.706. The van der Waals surface area contributed by atoms with E-state index in [9.17, 15) is 4.79 Å². The molecule has 0 spiro atoms. The molecule has 0 aliphatic carbocycles. The van der Waals surface area contributed by atoms with Crippen LogP contribution in [0.5, 0.6) is 0 Å². The third-order valence-electron chi connectivity index (χ3n) is 4.00. The van der Waals surface area contributed by atoms with Gasteiger partial charge < -0.3 is 15.5 Å². The summed E-state index contributed by atoms with van der Waals surface area (Å²) in [7, 11) is 0. The first-order chi connectivity index (χ1) is 11.5. The van der Waals surface area contributed by atoms with Crippen LogP contribution in [0.25, 0.3) is 0 Å². The number of nitrogens with zero attached hydrogens (tertiary/aromatic N) is 3. The first kappa shape index (κ1) is 22.1. The van der Waals surface area contributed by atoms with E-state index < -0.39 is 0 Å². The van der Waals surface area contributed by atoms with Gasteiger partial charge in [0.05, 0.1) is 6.54 Å². The van der Waals surface area contributed by atoms with E-state index in [2.05, 4.69) is 34.5 Å². The van der Waals surface area contributed by atoms with Crippen LogP contribution in [-0.2, 0) is 17.8 Å². The maximum absolute atomic E-state index is 12.1. The number of aromatic nitrogens is 1. The third-order valence-corrected chi connectivity index (χ3v) is 5.13. The molecule has 0 bridgehead atoms. The van der Waals surface area contributed by atoms with Crippen molar-refractivity contribution >= 4 is 47.2 Å². The number of hydrogen-bond acceptors (Lipinski definition) is 4. The summed E-state index contributed by atoms with van der Waals surface area (Å²) in [6, 6.07) is 0.257. The Morgan fingerprint density at radius 2 is 2.24 bits per heavy atom. The minimum absolute atomic E-state index is 0. The predicted octanol–water partition coefficient (Wildman–Crippen LogP) is 2.64. The number of rotatable bonds is 6. The zero-order valence-corrected chi connectivity index (χ0v) is 18.7. The molecule has 0 saturated carbocycles. The fourth-order valence-corrected chi connectivity index (χ4v) is 3.47. The number of carbonyl (C=O) groups is 1. The molecule has 1 aliphatic heterocycles. The Balaban J connectivity index is 0.00000312. The topological polar surface area (TPSA) is 69.6 Å². The molecule has 1 aliphatic rings. The molecular weight excluding hydrogens is 449 g/mol. The van der Waals surface area contributed by atoms with Crippen molar-refractivity contribution in [2.24, 2.45) is 10.9 Å². The lowest BCUT2D eigenvalue weighted by Crippen LogP contribution is -2.45. The summed E-state index contributed by atoms with van der Waals surface area (Å²) in [6.07, 6.45) is 3.91. The normalized spacial score (nSPS) is 17.6. The molecule has 1 aromatic heterocycles. The molecule has 1 amide bonds. The molecule has 0 radical (unpaired) electrons. The van der Waals surface area contributed by atoms with Crippen molar-refractivity contribution in [3.63, 3.8) is 0 Å². The average molecular weight is 479 g/mol. The second-order valence-electron chi connectivity index (χ2n) is 6.34. The minimum Gasteiger partial charge on any atom is -0.357 e. The minimum atomic E-state index is 0. The lowest BCUT2D eigenvalue weighted by molar-refractivity contribution is -0.133. The molecule has 142 valence electrons. The number of hydrogen-bond donors (Lipinski definition) is 2. The summed E-state index contributed by atoms with van der Waals surface area (Å²) in [6.45, 7) is 11.1. The van der Waals surface area contributed by atoms with E-state index in [0.29, 0.717) is 6.54 Å². The van der Waals surface area contributed by atoms with Crippen molar-refractivity contribution in [2.75, 3.05) is 19.6 Å². The van der Waals surface area contributed by atoms with Gasteiger partial charge in [-0.1, -0.05) is 20.8 Å². The highest BCUT2D eigenvalue weighted by Crippen LogP contribution is 2.15. The number of amides is 1. The van der Waals surface area contributed by atoms with Gasteiger partial charge >= 0.3 is 0 Å². The Kier molecular flexibility index (Phi) is 9.70. The van der Waals surface area contributed by atoms with Crippen molar-refractivity contribution in [3.8, 4) is 0 Å². The smallest absolute Gasteiger partial charge is 0.225 e. The van der Waals surface area contributed by atoms with Crippen LogP contribution >= 0.6 is 35.3 Å². The molecule has 0 aromatic carbocycles. The highest BCUT2D eigenvalue weighted by atomic mass is 127. The molecular formula is C17H30IN5OS. The molecule has 1 aromatic rings. The second kappa shape index (κ2) is 10.9. The number of thiazole rings is 1. The van der Waals surface area contributed by atoms with Gasteiger partial charge in [0.2, 0.25) is 5.91 Å². The van der Waals surface area contributed by atoms with Gasteiger partial charge in [0.15, 0.2) is 5.96 Å². The number of guanidine groups is 1. The highest BCUT2D eigenvalue weighted by molar-refractivity contribution is 14.0. The fourth-order valence-electron chi connectivity index (χ4n) is 2.69. The van der Waals surface area contributed by atoms with Gasteiger partial charge in [0, 0.05) is 42.7 Å². The summed E-state index contributed by atoms with van der Waals surface area (Å²) in [5, 5.41) is 7.77. The summed E-state index contributed by atoms with van der Waals surface area (Å²) < 4.78 is 0. The molecule has 6 nitrogen and oxygen atoms in total. The Hall–Kier alpha value is -0.900. The molecule has 25 heavy (non-hydrogen) atoms. The second-order valence-corrected chi connectivity index (χ2v) is 7.54. The van der Waals surface area contributed by atoms with E-state index in [0.717, 1.165) is 43.4 Å². The predicted molar refractivity (Wildman–Crippen MR) is 115 cm³/mol.